The number of carbonyl (C=O) groups is 1. The van der Waals surface area contributed by atoms with E-state index in [1.54, 1.807) is 18.7 Å². The Morgan fingerprint density at radius 1 is 1.22 bits per heavy atom. The number of ether oxygens (including phenoxy) is 2. The molecule has 23 heavy (non-hydrogen) atoms. The van der Waals surface area contributed by atoms with Crippen LogP contribution in [0.5, 0.6) is 0 Å². The second-order valence-corrected chi connectivity index (χ2v) is 10.4. The molecule has 1 aliphatic rings. The number of piperidine rings is 1. The standard InChI is InChI=1S/C16H31NO5S/c1-13(2)23(19,20)12-11-21-16(6)7-9-17(10-8-16)14(18)22-15(3,4)5/h13H,7-12H2,1-6H3. The van der Waals surface area contributed by atoms with E-state index < -0.39 is 15.4 Å². The van der Waals surface area contributed by atoms with Crippen LogP contribution in [0.2, 0.25) is 0 Å². The maximum atomic E-state index is 12.0. The molecule has 0 atom stereocenters. The summed E-state index contributed by atoms with van der Waals surface area (Å²) in [6, 6.07) is 0. The third-order valence-electron chi connectivity index (χ3n) is 4.01. The summed E-state index contributed by atoms with van der Waals surface area (Å²) >= 11 is 0. The van der Waals surface area contributed by atoms with Gasteiger partial charge in [0.1, 0.15) is 5.60 Å². The van der Waals surface area contributed by atoms with Gasteiger partial charge in [-0.25, -0.2) is 13.2 Å². The second kappa shape index (κ2) is 7.38. The van der Waals surface area contributed by atoms with Crippen molar-refractivity contribution in [2.24, 2.45) is 0 Å². The van der Waals surface area contributed by atoms with Crippen LogP contribution in [-0.2, 0) is 19.3 Å². The summed E-state index contributed by atoms with van der Waals surface area (Å²) < 4.78 is 34.8. The molecule has 0 aromatic carbocycles. The number of sulfone groups is 1. The molecule has 0 aliphatic carbocycles. The average molecular weight is 349 g/mol. The van der Waals surface area contributed by atoms with Crippen molar-refractivity contribution >= 4 is 15.9 Å². The summed E-state index contributed by atoms with van der Waals surface area (Å²) in [6.45, 7) is 12.2. The molecule has 7 heteroatoms. The van der Waals surface area contributed by atoms with Gasteiger partial charge >= 0.3 is 6.09 Å². The Morgan fingerprint density at radius 3 is 2.17 bits per heavy atom. The molecule has 1 amide bonds. The minimum atomic E-state index is -3.08. The Morgan fingerprint density at radius 2 is 1.74 bits per heavy atom. The lowest BCUT2D eigenvalue weighted by Gasteiger charge is -2.39. The van der Waals surface area contributed by atoms with Crippen molar-refractivity contribution in [1.29, 1.82) is 0 Å². The van der Waals surface area contributed by atoms with E-state index in [2.05, 4.69) is 0 Å². The molecule has 0 aromatic rings. The number of rotatable bonds is 5. The van der Waals surface area contributed by atoms with Gasteiger partial charge in [-0.2, -0.15) is 0 Å². The highest BCUT2D eigenvalue weighted by atomic mass is 32.2. The van der Waals surface area contributed by atoms with Crippen molar-refractivity contribution in [3.8, 4) is 0 Å². The van der Waals surface area contributed by atoms with Crippen LogP contribution in [-0.4, -0.2) is 61.3 Å². The van der Waals surface area contributed by atoms with Gasteiger partial charge < -0.3 is 14.4 Å². The number of hydrogen-bond acceptors (Lipinski definition) is 5. The van der Waals surface area contributed by atoms with E-state index in [9.17, 15) is 13.2 Å². The molecule has 0 N–H and O–H groups in total. The minimum absolute atomic E-state index is 0.0377. The van der Waals surface area contributed by atoms with E-state index in [1.807, 2.05) is 27.7 Å². The van der Waals surface area contributed by atoms with Crippen molar-refractivity contribution in [2.45, 2.75) is 70.8 Å². The van der Waals surface area contributed by atoms with Gasteiger partial charge in [-0.3, -0.25) is 0 Å². The smallest absolute Gasteiger partial charge is 0.410 e. The maximum Gasteiger partial charge on any atom is 0.410 e. The van der Waals surface area contributed by atoms with Gasteiger partial charge in [0.15, 0.2) is 9.84 Å². The molecule has 1 fully saturated rings. The van der Waals surface area contributed by atoms with E-state index in [0.717, 1.165) is 0 Å². The zero-order chi connectivity index (χ0) is 17.9. The first-order chi connectivity index (χ1) is 10.3. The average Bonchev–Trinajstić information content (AvgIpc) is 2.36. The largest absolute Gasteiger partial charge is 0.444 e. The van der Waals surface area contributed by atoms with Crippen molar-refractivity contribution in [2.75, 3.05) is 25.4 Å². The van der Waals surface area contributed by atoms with Crippen LogP contribution in [0, 0.1) is 0 Å². The fourth-order valence-corrected chi connectivity index (χ4v) is 3.06. The first-order valence-electron chi connectivity index (χ1n) is 8.18. The zero-order valence-electron chi connectivity index (χ0n) is 15.2. The van der Waals surface area contributed by atoms with Gasteiger partial charge in [0.2, 0.25) is 0 Å². The highest BCUT2D eigenvalue weighted by Gasteiger charge is 2.34. The molecule has 1 saturated heterocycles. The number of nitrogens with zero attached hydrogens (tertiary/aromatic N) is 1. The molecule has 0 aromatic heterocycles. The molecule has 0 saturated carbocycles. The third kappa shape index (κ3) is 6.67. The van der Waals surface area contributed by atoms with Crippen LogP contribution < -0.4 is 0 Å². The molecular weight excluding hydrogens is 318 g/mol. The van der Waals surface area contributed by atoms with E-state index in [4.69, 9.17) is 9.47 Å². The van der Waals surface area contributed by atoms with Gasteiger partial charge in [-0.05, 0) is 54.4 Å². The van der Waals surface area contributed by atoms with Gasteiger partial charge in [0.05, 0.1) is 23.2 Å². The van der Waals surface area contributed by atoms with Crippen LogP contribution in [0.3, 0.4) is 0 Å². The highest BCUT2D eigenvalue weighted by Crippen LogP contribution is 2.27. The summed E-state index contributed by atoms with van der Waals surface area (Å²) in [5.41, 5.74) is -0.884. The number of carbonyl (C=O) groups excluding carboxylic acids is 1. The topological polar surface area (TPSA) is 72.9 Å². The van der Waals surface area contributed by atoms with Gasteiger partial charge in [-0.1, -0.05) is 0 Å². The lowest BCUT2D eigenvalue weighted by atomic mass is 9.93. The Hall–Kier alpha value is -0.820. The second-order valence-electron chi connectivity index (χ2n) is 7.68. The molecule has 1 rings (SSSR count). The third-order valence-corrected chi connectivity index (χ3v) is 6.18. The number of hydrogen-bond donors (Lipinski definition) is 0. The SMILES string of the molecule is CC(C)S(=O)(=O)CCOC1(C)CCN(C(=O)OC(C)(C)C)CC1. The van der Waals surface area contributed by atoms with E-state index in [0.29, 0.717) is 25.9 Å². The lowest BCUT2D eigenvalue weighted by Crippen LogP contribution is -2.48. The molecule has 136 valence electrons. The van der Waals surface area contributed by atoms with Crippen LogP contribution in [0.4, 0.5) is 4.79 Å². The first-order valence-corrected chi connectivity index (χ1v) is 9.90. The summed E-state index contributed by atoms with van der Waals surface area (Å²) in [5, 5.41) is -0.382. The van der Waals surface area contributed by atoms with E-state index in [-0.39, 0.29) is 29.3 Å². The van der Waals surface area contributed by atoms with Gasteiger partial charge in [0.25, 0.3) is 0 Å². The Balaban J connectivity index is 2.43. The number of likely N-dealkylation sites (tertiary alicyclic amines) is 1. The monoisotopic (exact) mass is 349 g/mol. The van der Waals surface area contributed by atoms with Crippen LogP contribution in [0.1, 0.15) is 54.4 Å². The summed E-state index contributed by atoms with van der Waals surface area (Å²) in [5.74, 6) is 0.0377. The van der Waals surface area contributed by atoms with Crippen molar-refractivity contribution in [3.63, 3.8) is 0 Å². The molecule has 0 bridgehead atoms. The van der Waals surface area contributed by atoms with Crippen LogP contribution in [0.25, 0.3) is 0 Å². The van der Waals surface area contributed by atoms with E-state index >= 15 is 0 Å². The lowest BCUT2D eigenvalue weighted by molar-refractivity contribution is -0.0669. The summed E-state index contributed by atoms with van der Waals surface area (Å²) in [4.78, 5) is 13.7. The van der Waals surface area contributed by atoms with Gasteiger partial charge in [-0.15, -0.1) is 0 Å². The predicted octanol–water partition coefficient (Wildman–Crippen LogP) is 2.62. The molecule has 0 spiro atoms. The van der Waals surface area contributed by atoms with Gasteiger partial charge in [0, 0.05) is 13.1 Å². The fraction of sp³-hybridized carbons (Fsp3) is 0.938. The highest BCUT2D eigenvalue weighted by molar-refractivity contribution is 7.91. The Labute approximate surface area is 140 Å². The fourth-order valence-electron chi connectivity index (χ4n) is 2.27. The summed E-state index contributed by atoms with van der Waals surface area (Å²) in [7, 11) is -3.08. The molecule has 1 aliphatic heterocycles. The summed E-state index contributed by atoms with van der Waals surface area (Å²) in [6.07, 6.45) is 1.05. The van der Waals surface area contributed by atoms with E-state index in [1.165, 1.54) is 0 Å². The number of amides is 1. The maximum absolute atomic E-state index is 12.0. The molecule has 1 heterocycles. The Kier molecular flexibility index (Phi) is 6.49. The Bertz CT molecular complexity index is 499. The first kappa shape index (κ1) is 20.2. The quantitative estimate of drug-likeness (QED) is 0.763. The van der Waals surface area contributed by atoms with Crippen molar-refractivity contribution in [1.82, 2.24) is 4.90 Å². The minimum Gasteiger partial charge on any atom is -0.444 e. The normalized spacial score (nSPS) is 19.0. The molecule has 6 nitrogen and oxygen atoms in total. The van der Waals surface area contributed by atoms with Crippen molar-refractivity contribution in [3.05, 3.63) is 0 Å². The molecule has 0 unspecified atom stereocenters. The van der Waals surface area contributed by atoms with Crippen molar-refractivity contribution < 1.29 is 22.7 Å². The molecule has 0 radical (unpaired) electrons. The predicted molar refractivity (Wildman–Crippen MR) is 90.3 cm³/mol. The van der Waals surface area contributed by atoms with Crippen LogP contribution >= 0.6 is 0 Å². The molecular formula is C16H31NO5S. The van der Waals surface area contributed by atoms with Crippen LogP contribution in [0.15, 0.2) is 0 Å². The zero-order valence-corrected chi connectivity index (χ0v) is 16.0.